The van der Waals surface area contributed by atoms with Gasteiger partial charge in [-0.15, -0.1) is 0 Å². The zero-order valence-electron chi connectivity index (χ0n) is 14.8. The molecule has 0 atom stereocenters. The van der Waals surface area contributed by atoms with Crippen LogP contribution in [0.25, 0.3) is 0 Å². The highest BCUT2D eigenvalue weighted by Gasteiger charge is 2.10. The highest BCUT2D eigenvalue weighted by atomic mass is 35.5. The molecular formula is C20H19ClN4O2. The molecule has 0 radical (unpaired) electrons. The molecule has 0 spiro atoms. The van der Waals surface area contributed by atoms with Gasteiger partial charge in [0.1, 0.15) is 5.82 Å². The van der Waals surface area contributed by atoms with Gasteiger partial charge in [0.05, 0.1) is 12.7 Å². The minimum atomic E-state index is -0.223. The van der Waals surface area contributed by atoms with Crippen LogP contribution in [-0.4, -0.2) is 21.6 Å². The van der Waals surface area contributed by atoms with E-state index in [9.17, 15) is 9.59 Å². The molecule has 0 aliphatic rings. The van der Waals surface area contributed by atoms with Crippen molar-refractivity contribution in [3.63, 3.8) is 0 Å². The highest BCUT2D eigenvalue weighted by molar-refractivity contribution is 6.30. The van der Waals surface area contributed by atoms with Crippen molar-refractivity contribution in [3.8, 4) is 0 Å². The molecule has 138 valence electrons. The Balaban J connectivity index is 1.65. The second-order valence-corrected chi connectivity index (χ2v) is 6.50. The predicted octanol–water partition coefficient (Wildman–Crippen LogP) is 3.47. The van der Waals surface area contributed by atoms with Gasteiger partial charge in [0, 0.05) is 30.1 Å². The monoisotopic (exact) mass is 382 g/mol. The van der Waals surface area contributed by atoms with Crippen molar-refractivity contribution in [2.75, 3.05) is 5.32 Å². The van der Waals surface area contributed by atoms with Crippen LogP contribution in [0, 0.1) is 0 Å². The van der Waals surface area contributed by atoms with Crippen molar-refractivity contribution in [2.24, 2.45) is 0 Å². The molecule has 3 aromatic rings. The molecule has 27 heavy (non-hydrogen) atoms. The van der Waals surface area contributed by atoms with Crippen molar-refractivity contribution in [3.05, 3.63) is 82.5 Å². The van der Waals surface area contributed by atoms with Gasteiger partial charge in [0.25, 0.3) is 5.91 Å². The zero-order valence-corrected chi connectivity index (χ0v) is 15.5. The number of nitrogens with zero attached hydrogens (tertiary/aromatic N) is 2. The van der Waals surface area contributed by atoms with E-state index in [4.69, 9.17) is 11.6 Å². The fraction of sp³-hybridized carbons (Fsp3) is 0.150. The van der Waals surface area contributed by atoms with Gasteiger partial charge in [-0.3, -0.25) is 9.59 Å². The highest BCUT2D eigenvalue weighted by Crippen LogP contribution is 2.15. The van der Waals surface area contributed by atoms with Crippen LogP contribution < -0.4 is 10.6 Å². The van der Waals surface area contributed by atoms with Gasteiger partial charge >= 0.3 is 0 Å². The summed E-state index contributed by atoms with van der Waals surface area (Å²) in [5, 5.41) is 10.5. The molecule has 0 saturated carbocycles. The SMILES string of the molecule is CC(=O)NCc1ccc(C(=O)Nc2ccnn2Cc2ccc(Cl)cc2)cc1. The number of carbonyl (C=O) groups excluding carboxylic acids is 2. The lowest BCUT2D eigenvalue weighted by atomic mass is 10.1. The summed E-state index contributed by atoms with van der Waals surface area (Å²) >= 11 is 5.91. The maximum Gasteiger partial charge on any atom is 0.256 e. The van der Waals surface area contributed by atoms with Crippen LogP contribution in [0.5, 0.6) is 0 Å². The number of aromatic nitrogens is 2. The lowest BCUT2D eigenvalue weighted by molar-refractivity contribution is -0.119. The topological polar surface area (TPSA) is 76.0 Å². The molecule has 0 aliphatic carbocycles. The number of amides is 2. The van der Waals surface area contributed by atoms with Crippen molar-refractivity contribution >= 4 is 29.2 Å². The number of hydrogen-bond donors (Lipinski definition) is 2. The van der Waals surface area contributed by atoms with Crippen LogP contribution in [0.3, 0.4) is 0 Å². The molecule has 1 heterocycles. The number of benzene rings is 2. The van der Waals surface area contributed by atoms with Crippen LogP contribution in [-0.2, 0) is 17.9 Å². The second kappa shape index (κ2) is 8.51. The summed E-state index contributed by atoms with van der Waals surface area (Å²) in [7, 11) is 0. The molecule has 0 unspecified atom stereocenters. The lowest BCUT2D eigenvalue weighted by Gasteiger charge is -2.10. The molecule has 0 aliphatic heterocycles. The molecular weight excluding hydrogens is 364 g/mol. The molecule has 2 N–H and O–H groups in total. The quantitative estimate of drug-likeness (QED) is 0.685. The largest absolute Gasteiger partial charge is 0.352 e. The fourth-order valence-corrected chi connectivity index (χ4v) is 2.64. The molecule has 2 aromatic carbocycles. The summed E-state index contributed by atoms with van der Waals surface area (Å²) in [5.41, 5.74) is 2.48. The summed E-state index contributed by atoms with van der Waals surface area (Å²) in [6, 6.07) is 16.3. The number of halogens is 1. The van der Waals surface area contributed by atoms with Crippen LogP contribution in [0.15, 0.2) is 60.8 Å². The molecule has 3 rings (SSSR count). The molecule has 0 fully saturated rings. The molecule has 1 aromatic heterocycles. The Morgan fingerprint density at radius 3 is 2.33 bits per heavy atom. The first-order chi connectivity index (χ1) is 13.0. The van der Waals surface area contributed by atoms with Gasteiger partial charge < -0.3 is 10.6 Å². The van der Waals surface area contributed by atoms with Gasteiger partial charge in [-0.25, -0.2) is 4.68 Å². The van der Waals surface area contributed by atoms with Crippen LogP contribution in [0.2, 0.25) is 5.02 Å². The Morgan fingerprint density at radius 2 is 1.67 bits per heavy atom. The van der Waals surface area contributed by atoms with Crippen LogP contribution >= 0.6 is 11.6 Å². The first kappa shape index (κ1) is 18.7. The van der Waals surface area contributed by atoms with E-state index in [2.05, 4.69) is 15.7 Å². The summed E-state index contributed by atoms with van der Waals surface area (Å²) in [5.74, 6) is 0.293. The van der Waals surface area contributed by atoms with E-state index in [1.807, 2.05) is 36.4 Å². The maximum absolute atomic E-state index is 12.5. The average molecular weight is 383 g/mol. The summed E-state index contributed by atoms with van der Waals surface area (Å²) < 4.78 is 1.71. The van der Waals surface area contributed by atoms with Crippen LogP contribution in [0.4, 0.5) is 5.82 Å². The number of anilines is 1. The molecule has 2 amide bonds. The molecule has 0 bridgehead atoms. The van der Waals surface area contributed by atoms with Crippen molar-refractivity contribution in [1.82, 2.24) is 15.1 Å². The van der Waals surface area contributed by atoms with E-state index in [1.54, 1.807) is 29.1 Å². The maximum atomic E-state index is 12.5. The minimum Gasteiger partial charge on any atom is -0.352 e. The molecule has 6 nitrogen and oxygen atoms in total. The second-order valence-electron chi connectivity index (χ2n) is 6.06. The number of hydrogen-bond acceptors (Lipinski definition) is 3. The molecule has 0 saturated heterocycles. The van der Waals surface area contributed by atoms with E-state index in [-0.39, 0.29) is 11.8 Å². The summed E-state index contributed by atoms with van der Waals surface area (Å²) in [6.07, 6.45) is 1.64. The number of rotatable bonds is 6. The fourth-order valence-electron chi connectivity index (χ4n) is 2.52. The molecule has 7 heteroatoms. The van der Waals surface area contributed by atoms with E-state index in [1.165, 1.54) is 6.92 Å². The van der Waals surface area contributed by atoms with E-state index < -0.39 is 0 Å². The van der Waals surface area contributed by atoms with E-state index in [0.29, 0.717) is 29.5 Å². The van der Waals surface area contributed by atoms with Gasteiger partial charge in [-0.1, -0.05) is 35.9 Å². The Kier molecular flexibility index (Phi) is 5.88. The minimum absolute atomic E-state index is 0.0919. The third kappa shape index (κ3) is 5.18. The Bertz CT molecular complexity index is 933. The van der Waals surface area contributed by atoms with Gasteiger partial charge in [-0.2, -0.15) is 5.10 Å². The van der Waals surface area contributed by atoms with Crippen molar-refractivity contribution in [1.29, 1.82) is 0 Å². The van der Waals surface area contributed by atoms with Crippen molar-refractivity contribution < 1.29 is 9.59 Å². The first-order valence-electron chi connectivity index (χ1n) is 8.42. The summed E-state index contributed by atoms with van der Waals surface area (Å²) in [6.45, 7) is 2.43. The predicted molar refractivity (Wildman–Crippen MR) is 105 cm³/mol. The average Bonchev–Trinajstić information content (AvgIpc) is 3.09. The lowest BCUT2D eigenvalue weighted by Crippen LogP contribution is -2.19. The number of nitrogens with one attached hydrogen (secondary N) is 2. The standard InChI is InChI=1S/C20H19ClN4O2/c1-14(26)22-12-15-2-6-17(7-3-15)20(27)24-19-10-11-23-25(19)13-16-4-8-18(21)9-5-16/h2-11H,12-13H2,1H3,(H,22,26)(H,24,27). The normalized spacial score (nSPS) is 10.4. The zero-order chi connectivity index (χ0) is 19.2. The van der Waals surface area contributed by atoms with Gasteiger partial charge in [0.15, 0.2) is 0 Å². The van der Waals surface area contributed by atoms with Crippen LogP contribution in [0.1, 0.15) is 28.4 Å². The third-order valence-electron chi connectivity index (χ3n) is 3.96. The Hall–Kier alpha value is -3.12. The Morgan fingerprint density at radius 1 is 1.00 bits per heavy atom. The Labute approximate surface area is 162 Å². The third-order valence-corrected chi connectivity index (χ3v) is 4.21. The first-order valence-corrected chi connectivity index (χ1v) is 8.80. The summed E-state index contributed by atoms with van der Waals surface area (Å²) in [4.78, 5) is 23.5. The van der Waals surface area contributed by atoms with E-state index in [0.717, 1.165) is 11.1 Å². The van der Waals surface area contributed by atoms with Crippen molar-refractivity contribution in [2.45, 2.75) is 20.0 Å². The van der Waals surface area contributed by atoms with Gasteiger partial charge in [-0.05, 0) is 35.4 Å². The number of carbonyl (C=O) groups is 2. The smallest absolute Gasteiger partial charge is 0.256 e. The van der Waals surface area contributed by atoms with E-state index >= 15 is 0 Å². The van der Waals surface area contributed by atoms with Gasteiger partial charge in [0.2, 0.25) is 5.91 Å².